The Kier molecular flexibility index (Phi) is 5.60. The number of nitrogens with zero attached hydrogens (tertiary/aromatic N) is 5. The van der Waals surface area contributed by atoms with Crippen LogP contribution in [-0.2, 0) is 14.2 Å². The van der Waals surface area contributed by atoms with Crippen molar-refractivity contribution in [2.75, 3.05) is 32.7 Å². The van der Waals surface area contributed by atoms with E-state index in [9.17, 15) is 4.79 Å². The Morgan fingerprint density at radius 3 is 2.84 bits per heavy atom. The molecule has 4 aromatic heterocycles. The van der Waals surface area contributed by atoms with Gasteiger partial charge in [-0.3, -0.25) is 4.79 Å². The molecule has 1 aliphatic heterocycles. The van der Waals surface area contributed by atoms with E-state index in [0.29, 0.717) is 24.4 Å². The van der Waals surface area contributed by atoms with E-state index in [1.54, 1.807) is 17.8 Å². The second kappa shape index (κ2) is 9.04. The second-order valence-corrected chi connectivity index (χ2v) is 10.3. The molecular weight excluding hydrogens is 486 g/mol. The van der Waals surface area contributed by atoms with E-state index in [0.717, 1.165) is 60.2 Å². The quantitative estimate of drug-likeness (QED) is 0.401. The minimum absolute atomic E-state index is 0.000912. The monoisotopic (exact) mass is 517 g/mol. The number of carbonyl (C=O) groups excluding carboxylic acids is 1. The number of hydrogen-bond donors (Lipinski definition) is 2. The molecule has 5 heterocycles. The van der Waals surface area contributed by atoms with Gasteiger partial charge in [-0.25, -0.2) is 9.97 Å². The fourth-order valence-corrected chi connectivity index (χ4v) is 6.11. The van der Waals surface area contributed by atoms with Crippen molar-refractivity contribution in [2.45, 2.75) is 56.1 Å². The van der Waals surface area contributed by atoms with Crippen LogP contribution in [0.25, 0.3) is 27.9 Å². The summed E-state index contributed by atoms with van der Waals surface area (Å²) in [6.45, 7) is 1.29. The Bertz CT molecular complexity index is 1520. The highest BCUT2D eigenvalue weighted by atomic mass is 16.7. The lowest BCUT2D eigenvalue weighted by atomic mass is 9.89. The van der Waals surface area contributed by atoms with Crippen LogP contribution in [0.5, 0.6) is 0 Å². The SMILES string of the molecule is CNc1cc(-c2cn([C@H]3CCC4(C3)OCCO4)c3ncccc23)nc2c(C(=O)N[C@@H]3CC[C@H]3OC)cnn12. The molecule has 38 heavy (non-hydrogen) atoms. The molecule has 0 aromatic carbocycles. The summed E-state index contributed by atoms with van der Waals surface area (Å²) in [7, 11) is 3.51. The lowest BCUT2D eigenvalue weighted by Gasteiger charge is -2.35. The van der Waals surface area contributed by atoms with Crippen molar-refractivity contribution in [3.63, 3.8) is 0 Å². The summed E-state index contributed by atoms with van der Waals surface area (Å²) in [5.41, 5.74) is 3.52. The molecule has 7 rings (SSSR count). The Balaban J connectivity index is 1.29. The summed E-state index contributed by atoms with van der Waals surface area (Å²) in [4.78, 5) is 22.9. The summed E-state index contributed by atoms with van der Waals surface area (Å²) in [5.74, 6) is 0.0598. The van der Waals surface area contributed by atoms with Gasteiger partial charge >= 0.3 is 0 Å². The number of pyridine rings is 1. The van der Waals surface area contributed by atoms with E-state index in [1.165, 1.54) is 0 Å². The molecule has 0 bridgehead atoms. The van der Waals surface area contributed by atoms with Crippen LogP contribution in [0.2, 0.25) is 0 Å². The molecule has 1 saturated heterocycles. The number of nitrogens with one attached hydrogen (secondary N) is 2. The summed E-state index contributed by atoms with van der Waals surface area (Å²) in [6, 6.07) is 6.17. The number of aromatic nitrogens is 5. The molecule has 0 radical (unpaired) electrons. The molecule has 2 aliphatic carbocycles. The predicted octanol–water partition coefficient (Wildman–Crippen LogP) is 3.16. The van der Waals surface area contributed by atoms with Gasteiger partial charge in [0.1, 0.15) is 17.0 Å². The van der Waals surface area contributed by atoms with Crippen molar-refractivity contribution >= 4 is 28.4 Å². The van der Waals surface area contributed by atoms with E-state index in [-0.39, 0.29) is 24.1 Å². The molecule has 4 aromatic rings. The molecule has 11 nitrogen and oxygen atoms in total. The van der Waals surface area contributed by atoms with E-state index in [1.807, 2.05) is 25.4 Å². The van der Waals surface area contributed by atoms with E-state index in [4.69, 9.17) is 24.2 Å². The molecule has 0 unspecified atom stereocenters. The van der Waals surface area contributed by atoms with Crippen molar-refractivity contribution in [1.29, 1.82) is 0 Å². The first kappa shape index (κ1) is 23.6. The number of hydrogen-bond acceptors (Lipinski definition) is 8. The molecule has 1 spiro atoms. The zero-order chi connectivity index (χ0) is 25.9. The van der Waals surface area contributed by atoms with Crippen LogP contribution in [0.15, 0.2) is 36.8 Å². The first-order chi connectivity index (χ1) is 18.6. The highest BCUT2D eigenvalue weighted by Crippen LogP contribution is 2.45. The number of methoxy groups -OCH3 is 1. The maximum absolute atomic E-state index is 13.2. The lowest BCUT2D eigenvalue weighted by molar-refractivity contribution is -0.152. The van der Waals surface area contributed by atoms with Crippen molar-refractivity contribution in [1.82, 2.24) is 29.5 Å². The average Bonchev–Trinajstić information content (AvgIpc) is 3.72. The van der Waals surface area contributed by atoms with E-state index >= 15 is 0 Å². The molecule has 11 heteroatoms. The molecule has 2 saturated carbocycles. The van der Waals surface area contributed by atoms with Crippen LogP contribution in [0.3, 0.4) is 0 Å². The average molecular weight is 518 g/mol. The third-order valence-electron chi connectivity index (χ3n) is 8.28. The Labute approximate surface area is 219 Å². The van der Waals surface area contributed by atoms with Crippen LogP contribution >= 0.6 is 0 Å². The Morgan fingerprint density at radius 2 is 2.08 bits per heavy atom. The molecule has 3 fully saturated rings. The zero-order valence-corrected chi connectivity index (χ0v) is 21.5. The second-order valence-electron chi connectivity index (χ2n) is 10.3. The van der Waals surface area contributed by atoms with Gasteiger partial charge in [0.25, 0.3) is 5.91 Å². The van der Waals surface area contributed by atoms with Crippen LogP contribution in [0, 0.1) is 0 Å². The van der Waals surface area contributed by atoms with Gasteiger partial charge in [0, 0.05) is 62.5 Å². The predicted molar refractivity (Wildman–Crippen MR) is 140 cm³/mol. The molecular formula is C27H31N7O4. The number of rotatable bonds is 6. The van der Waals surface area contributed by atoms with Gasteiger partial charge in [0.15, 0.2) is 11.4 Å². The highest BCUT2D eigenvalue weighted by molar-refractivity contribution is 6.01. The number of fused-ring (bicyclic) bond motifs is 2. The highest BCUT2D eigenvalue weighted by Gasteiger charge is 2.45. The Hall–Kier alpha value is -3.54. The third-order valence-corrected chi connectivity index (χ3v) is 8.28. The summed E-state index contributed by atoms with van der Waals surface area (Å²) in [5, 5.41) is 11.8. The molecule has 1 amide bonds. The molecule has 198 valence electrons. The lowest BCUT2D eigenvalue weighted by Crippen LogP contribution is -2.51. The topological polar surface area (TPSA) is 117 Å². The first-order valence-electron chi connectivity index (χ1n) is 13.2. The standard InChI is InChI=1S/C27H31N7O4/c1-28-23-12-21(31-25-18(14-30-34(23)25)26(35)32-20-5-6-22(20)36-2)19-15-33(24-17(19)4-3-9-29-24)16-7-8-27(13-16)37-10-11-38-27/h3-4,9,12,14-16,20,22,28H,5-8,10-11,13H2,1-2H3,(H,32,35)/t16-,20+,22+/m0/s1. The van der Waals surface area contributed by atoms with Gasteiger partial charge in [-0.05, 0) is 31.4 Å². The van der Waals surface area contributed by atoms with Crippen LogP contribution in [-0.4, -0.2) is 75.4 Å². The minimum atomic E-state index is -0.477. The van der Waals surface area contributed by atoms with Crippen molar-refractivity contribution < 1.29 is 19.0 Å². The molecule has 3 aliphatic rings. The summed E-state index contributed by atoms with van der Waals surface area (Å²) in [6.07, 6.45) is 10.0. The van der Waals surface area contributed by atoms with E-state index < -0.39 is 5.79 Å². The van der Waals surface area contributed by atoms with Crippen LogP contribution in [0.1, 0.15) is 48.5 Å². The summed E-state index contributed by atoms with van der Waals surface area (Å²) < 4.78 is 21.3. The van der Waals surface area contributed by atoms with Crippen LogP contribution in [0.4, 0.5) is 5.82 Å². The van der Waals surface area contributed by atoms with Crippen molar-refractivity contribution in [2.24, 2.45) is 0 Å². The number of ether oxygens (including phenoxy) is 3. The number of carbonyl (C=O) groups is 1. The maximum Gasteiger partial charge on any atom is 0.257 e. The van der Waals surface area contributed by atoms with Crippen molar-refractivity contribution in [3.05, 3.63) is 42.4 Å². The van der Waals surface area contributed by atoms with Gasteiger partial charge in [-0.2, -0.15) is 9.61 Å². The van der Waals surface area contributed by atoms with Gasteiger partial charge in [-0.15, -0.1) is 0 Å². The molecule has 3 atom stereocenters. The largest absolute Gasteiger partial charge is 0.379 e. The Morgan fingerprint density at radius 1 is 1.21 bits per heavy atom. The van der Waals surface area contributed by atoms with Gasteiger partial charge in [-0.1, -0.05) is 0 Å². The first-order valence-corrected chi connectivity index (χ1v) is 13.2. The normalized spacial score (nSPS) is 24.3. The van der Waals surface area contributed by atoms with Gasteiger partial charge in [0.05, 0.1) is 37.3 Å². The molecule has 2 N–H and O–H groups in total. The van der Waals surface area contributed by atoms with E-state index in [2.05, 4.69) is 32.6 Å². The minimum Gasteiger partial charge on any atom is -0.379 e. The third kappa shape index (κ3) is 3.68. The maximum atomic E-state index is 13.2. The number of amides is 1. The fraction of sp³-hybridized carbons (Fsp3) is 0.481. The zero-order valence-electron chi connectivity index (χ0n) is 21.5. The van der Waals surface area contributed by atoms with Gasteiger partial charge < -0.3 is 29.4 Å². The fourth-order valence-electron chi connectivity index (χ4n) is 6.11. The summed E-state index contributed by atoms with van der Waals surface area (Å²) >= 11 is 0. The van der Waals surface area contributed by atoms with Gasteiger partial charge in [0.2, 0.25) is 0 Å². The smallest absolute Gasteiger partial charge is 0.257 e. The van der Waals surface area contributed by atoms with Crippen LogP contribution < -0.4 is 10.6 Å². The number of anilines is 1. The van der Waals surface area contributed by atoms with Crippen molar-refractivity contribution in [3.8, 4) is 11.3 Å².